The Hall–Kier alpha value is -1.44. The maximum atomic E-state index is 12.9. The van der Waals surface area contributed by atoms with Crippen LogP contribution < -0.4 is 5.32 Å². The van der Waals surface area contributed by atoms with Crippen LogP contribution >= 0.6 is 0 Å². The van der Waals surface area contributed by atoms with Gasteiger partial charge >= 0.3 is 0 Å². The fourth-order valence-electron chi connectivity index (χ4n) is 3.74. The van der Waals surface area contributed by atoms with Gasteiger partial charge in [-0.25, -0.2) is 8.42 Å². The van der Waals surface area contributed by atoms with E-state index in [4.69, 9.17) is 4.74 Å². The Labute approximate surface area is 156 Å². The van der Waals surface area contributed by atoms with Crippen molar-refractivity contribution in [1.82, 2.24) is 4.31 Å². The highest BCUT2D eigenvalue weighted by atomic mass is 32.2. The van der Waals surface area contributed by atoms with Crippen LogP contribution in [0.15, 0.2) is 23.1 Å². The van der Waals surface area contributed by atoms with Crippen LogP contribution in [0.25, 0.3) is 0 Å². The van der Waals surface area contributed by atoms with Gasteiger partial charge in [0.05, 0.1) is 18.1 Å². The Bertz CT molecular complexity index is 736. The highest BCUT2D eigenvalue weighted by Crippen LogP contribution is 2.29. The molecule has 6 nitrogen and oxygen atoms in total. The average Bonchev–Trinajstić information content (AvgIpc) is 3.16. The molecule has 3 rings (SSSR count). The van der Waals surface area contributed by atoms with Gasteiger partial charge in [-0.2, -0.15) is 4.31 Å². The summed E-state index contributed by atoms with van der Waals surface area (Å²) in [5.74, 6) is 0.617. The molecule has 144 valence electrons. The molecule has 1 aromatic carbocycles. The van der Waals surface area contributed by atoms with Gasteiger partial charge in [-0.3, -0.25) is 4.79 Å². The Morgan fingerprint density at radius 1 is 1.23 bits per heavy atom. The molecule has 0 unspecified atom stereocenters. The van der Waals surface area contributed by atoms with Gasteiger partial charge in [0.15, 0.2) is 0 Å². The number of hydrogen-bond donors (Lipinski definition) is 1. The van der Waals surface area contributed by atoms with E-state index in [-0.39, 0.29) is 10.8 Å². The molecule has 0 bridgehead atoms. The van der Waals surface area contributed by atoms with Crippen LogP contribution in [-0.2, 0) is 19.6 Å². The lowest BCUT2D eigenvalue weighted by molar-refractivity contribution is -0.116. The molecule has 1 heterocycles. The van der Waals surface area contributed by atoms with Crippen LogP contribution in [0.1, 0.15) is 44.1 Å². The number of morpholine rings is 1. The van der Waals surface area contributed by atoms with Crippen LogP contribution in [0.5, 0.6) is 0 Å². The molecule has 2 aliphatic rings. The minimum Gasteiger partial charge on any atom is -0.379 e. The number of carbonyl (C=O) groups is 1. The largest absolute Gasteiger partial charge is 0.379 e. The van der Waals surface area contributed by atoms with Crippen LogP contribution in [0, 0.1) is 12.8 Å². The smallest absolute Gasteiger partial charge is 0.243 e. The Morgan fingerprint density at radius 3 is 2.62 bits per heavy atom. The molecular formula is C19H28N2O4S. The van der Waals surface area contributed by atoms with E-state index in [1.807, 2.05) is 0 Å². The van der Waals surface area contributed by atoms with Crippen molar-refractivity contribution >= 4 is 21.6 Å². The zero-order chi connectivity index (χ0) is 18.6. The molecule has 26 heavy (non-hydrogen) atoms. The second-order valence-electron chi connectivity index (χ2n) is 7.23. The van der Waals surface area contributed by atoms with Gasteiger partial charge in [0, 0.05) is 25.2 Å². The van der Waals surface area contributed by atoms with Crippen molar-refractivity contribution in [2.75, 3.05) is 31.6 Å². The summed E-state index contributed by atoms with van der Waals surface area (Å²) in [6.45, 7) is 3.32. The van der Waals surface area contributed by atoms with Gasteiger partial charge in [0.25, 0.3) is 0 Å². The third-order valence-corrected chi connectivity index (χ3v) is 7.35. The zero-order valence-electron chi connectivity index (χ0n) is 15.4. The molecule has 1 aliphatic heterocycles. The number of sulfonamides is 1. The van der Waals surface area contributed by atoms with Crippen molar-refractivity contribution in [3.05, 3.63) is 23.8 Å². The molecule has 1 saturated carbocycles. The van der Waals surface area contributed by atoms with Crippen molar-refractivity contribution in [3.63, 3.8) is 0 Å². The highest BCUT2D eigenvalue weighted by molar-refractivity contribution is 7.89. The lowest BCUT2D eigenvalue weighted by atomic mass is 10.0. The lowest BCUT2D eigenvalue weighted by Gasteiger charge is -2.26. The van der Waals surface area contributed by atoms with Gasteiger partial charge in [0.1, 0.15) is 0 Å². The average molecular weight is 381 g/mol. The normalized spacial score (nSPS) is 19.6. The summed E-state index contributed by atoms with van der Waals surface area (Å²) in [4.78, 5) is 12.5. The first-order valence-corrected chi connectivity index (χ1v) is 10.9. The Balaban J connectivity index is 1.67. The van der Waals surface area contributed by atoms with Gasteiger partial charge in [-0.1, -0.05) is 31.7 Å². The van der Waals surface area contributed by atoms with Crippen molar-refractivity contribution in [3.8, 4) is 0 Å². The fourth-order valence-corrected chi connectivity index (χ4v) is 5.40. The standard InChI is InChI=1S/C19H28N2O4S/c1-15-6-8-17(20-19(22)9-7-16-4-2-3-5-16)14-18(15)26(23,24)21-10-12-25-13-11-21/h6,8,14,16H,2-5,7,9-13H2,1H3,(H,20,22). The molecule has 0 aromatic heterocycles. The fraction of sp³-hybridized carbons (Fsp3) is 0.632. The molecule has 1 amide bonds. The summed E-state index contributed by atoms with van der Waals surface area (Å²) in [7, 11) is -3.57. The second kappa shape index (κ2) is 8.50. The number of carbonyl (C=O) groups excluding carboxylic acids is 1. The van der Waals surface area contributed by atoms with E-state index in [1.54, 1.807) is 25.1 Å². The summed E-state index contributed by atoms with van der Waals surface area (Å²) in [5, 5.41) is 2.86. The number of benzene rings is 1. The van der Waals surface area contributed by atoms with Crippen molar-refractivity contribution in [2.24, 2.45) is 5.92 Å². The Kier molecular flexibility index (Phi) is 6.32. The molecular weight excluding hydrogens is 352 g/mol. The van der Waals surface area contributed by atoms with Crippen molar-refractivity contribution < 1.29 is 17.9 Å². The molecule has 7 heteroatoms. The number of rotatable bonds is 6. The number of anilines is 1. The minimum absolute atomic E-state index is 0.0459. The molecule has 1 aliphatic carbocycles. The third kappa shape index (κ3) is 4.64. The van der Waals surface area contributed by atoms with Gasteiger partial charge in [-0.05, 0) is 37.0 Å². The molecule has 1 saturated heterocycles. The number of hydrogen-bond acceptors (Lipinski definition) is 4. The predicted molar refractivity (Wildman–Crippen MR) is 101 cm³/mol. The number of ether oxygens (including phenoxy) is 1. The first kappa shape index (κ1) is 19.3. The predicted octanol–water partition coefficient (Wildman–Crippen LogP) is 2.92. The van der Waals surface area contributed by atoms with E-state index in [2.05, 4.69) is 5.32 Å². The Morgan fingerprint density at radius 2 is 1.92 bits per heavy atom. The van der Waals surface area contributed by atoms with Crippen molar-refractivity contribution in [2.45, 2.75) is 50.3 Å². The monoisotopic (exact) mass is 380 g/mol. The van der Waals surface area contributed by atoms with Crippen LogP contribution in [0.4, 0.5) is 5.69 Å². The molecule has 0 atom stereocenters. The van der Waals surface area contributed by atoms with E-state index in [9.17, 15) is 13.2 Å². The summed E-state index contributed by atoms with van der Waals surface area (Å²) in [6, 6.07) is 5.09. The first-order chi connectivity index (χ1) is 12.5. The zero-order valence-corrected chi connectivity index (χ0v) is 16.2. The van der Waals surface area contributed by atoms with Crippen LogP contribution in [-0.4, -0.2) is 44.9 Å². The van der Waals surface area contributed by atoms with Crippen LogP contribution in [0.3, 0.4) is 0 Å². The van der Waals surface area contributed by atoms with E-state index in [0.717, 1.165) is 6.42 Å². The molecule has 0 spiro atoms. The molecule has 1 aromatic rings. The molecule has 2 fully saturated rings. The van der Waals surface area contributed by atoms with E-state index >= 15 is 0 Å². The minimum atomic E-state index is -3.57. The summed E-state index contributed by atoms with van der Waals surface area (Å²) in [5.41, 5.74) is 1.22. The number of nitrogens with one attached hydrogen (secondary N) is 1. The summed E-state index contributed by atoms with van der Waals surface area (Å²) in [6.07, 6.45) is 6.39. The summed E-state index contributed by atoms with van der Waals surface area (Å²) >= 11 is 0. The second-order valence-corrected chi connectivity index (χ2v) is 9.14. The van der Waals surface area contributed by atoms with Gasteiger partial charge in [-0.15, -0.1) is 0 Å². The maximum Gasteiger partial charge on any atom is 0.243 e. The van der Waals surface area contributed by atoms with Crippen LogP contribution in [0.2, 0.25) is 0 Å². The summed E-state index contributed by atoms with van der Waals surface area (Å²) < 4.78 is 32.5. The number of nitrogens with zero attached hydrogens (tertiary/aromatic N) is 1. The molecule has 1 N–H and O–H groups in total. The highest BCUT2D eigenvalue weighted by Gasteiger charge is 2.28. The third-order valence-electron chi connectivity index (χ3n) is 5.31. The van der Waals surface area contributed by atoms with E-state index in [0.29, 0.717) is 49.9 Å². The number of amides is 1. The van der Waals surface area contributed by atoms with E-state index in [1.165, 1.54) is 30.0 Å². The number of aryl methyl sites for hydroxylation is 1. The molecule has 0 radical (unpaired) electrons. The van der Waals surface area contributed by atoms with Crippen molar-refractivity contribution in [1.29, 1.82) is 0 Å². The van der Waals surface area contributed by atoms with E-state index < -0.39 is 10.0 Å². The maximum absolute atomic E-state index is 12.9. The SMILES string of the molecule is Cc1ccc(NC(=O)CCC2CCCC2)cc1S(=O)(=O)N1CCOCC1. The quantitative estimate of drug-likeness (QED) is 0.823. The van der Waals surface area contributed by atoms with Gasteiger partial charge < -0.3 is 10.1 Å². The first-order valence-electron chi connectivity index (χ1n) is 9.45. The topological polar surface area (TPSA) is 75.7 Å². The van der Waals surface area contributed by atoms with Gasteiger partial charge in [0.2, 0.25) is 15.9 Å². The lowest BCUT2D eigenvalue weighted by Crippen LogP contribution is -2.40.